The van der Waals surface area contributed by atoms with Crippen LogP contribution in [0.25, 0.3) is 4.85 Å². The standard InChI is InChI=1S/C33H21N3P2S2/c1-22-17-31-33-32(18-22)38(40,26-11-7-4-8-12-26)30-20-24(35-2)14-16-28(30)36(33)27-15-13-23(21-34)19-29(27)37(31,39)25-9-5-3-6-10-25/h3-20H,1H3. The van der Waals surface area contributed by atoms with E-state index in [1.807, 2.05) is 72.8 Å². The minimum Gasteiger partial charge on any atom is -0.308 e. The van der Waals surface area contributed by atoms with Gasteiger partial charge < -0.3 is 4.90 Å². The Kier molecular flexibility index (Phi) is 5.73. The number of rotatable bonds is 2. The molecule has 0 saturated heterocycles. The molecule has 7 rings (SSSR count). The Morgan fingerprint density at radius 1 is 0.700 bits per heavy atom. The van der Waals surface area contributed by atoms with Gasteiger partial charge in [0.2, 0.25) is 0 Å². The molecule has 2 atom stereocenters. The van der Waals surface area contributed by atoms with Crippen LogP contribution >= 0.6 is 12.1 Å². The third kappa shape index (κ3) is 3.34. The van der Waals surface area contributed by atoms with E-state index < -0.39 is 12.1 Å². The Morgan fingerprint density at radius 3 is 1.75 bits per heavy atom. The van der Waals surface area contributed by atoms with Gasteiger partial charge in [0.1, 0.15) is 0 Å². The summed E-state index contributed by atoms with van der Waals surface area (Å²) in [7, 11) is 0. The maximum atomic E-state index is 9.89. The molecule has 3 nitrogen and oxygen atoms in total. The summed E-state index contributed by atoms with van der Waals surface area (Å²) in [6.45, 7) is 9.89. The molecule has 2 aliphatic heterocycles. The molecule has 0 radical (unpaired) electrons. The van der Waals surface area contributed by atoms with Crippen molar-refractivity contribution in [2.75, 3.05) is 4.90 Å². The minimum atomic E-state index is -2.57. The number of nitrogens with zero attached hydrogens (tertiary/aromatic N) is 3. The molecule has 0 N–H and O–H groups in total. The third-order valence-electron chi connectivity index (χ3n) is 7.71. The van der Waals surface area contributed by atoms with Crippen LogP contribution in [-0.4, -0.2) is 0 Å². The SMILES string of the molecule is [C-]#[N+]c1ccc2c(c1)P(=S)(c1ccccc1)c1cc(C)cc3c1N2c1ccc(C#N)cc1P3(=S)c1ccccc1. The molecule has 0 fully saturated rings. The molecular weight excluding hydrogens is 564 g/mol. The summed E-state index contributed by atoms with van der Waals surface area (Å²) >= 11 is 13.7. The van der Waals surface area contributed by atoms with Crippen LogP contribution in [0.4, 0.5) is 22.7 Å². The highest BCUT2D eigenvalue weighted by Crippen LogP contribution is 2.61. The van der Waals surface area contributed by atoms with E-state index in [1.54, 1.807) is 0 Å². The van der Waals surface area contributed by atoms with Gasteiger partial charge in [-0.1, -0.05) is 90.3 Å². The minimum absolute atomic E-state index is 0.576. The number of hydrogen-bond acceptors (Lipinski definition) is 4. The number of anilines is 3. The van der Waals surface area contributed by atoms with Crippen molar-refractivity contribution in [3.05, 3.63) is 132 Å². The van der Waals surface area contributed by atoms with Crippen molar-refractivity contribution in [2.45, 2.75) is 6.92 Å². The Labute approximate surface area is 244 Å². The number of hydrogen-bond donors (Lipinski definition) is 0. The molecule has 0 aliphatic carbocycles. The van der Waals surface area contributed by atoms with E-state index in [4.69, 9.17) is 30.2 Å². The summed E-state index contributed by atoms with van der Waals surface area (Å²) in [4.78, 5) is 6.08. The fourth-order valence-electron chi connectivity index (χ4n) is 5.97. The first-order valence-corrected chi connectivity index (χ1v) is 18.4. The van der Waals surface area contributed by atoms with E-state index in [0.29, 0.717) is 11.3 Å². The van der Waals surface area contributed by atoms with Gasteiger partial charge in [0.05, 0.1) is 35.3 Å². The van der Waals surface area contributed by atoms with E-state index >= 15 is 0 Å². The third-order valence-corrected chi connectivity index (χ3v) is 17.5. The van der Waals surface area contributed by atoms with Gasteiger partial charge in [-0.3, -0.25) is 0 Å². The molecule has 0 spiro atoms. The highest BCUT2D eigenvalue weighted by molar-refractivity contribution is 8.27. The van der Waals surface area contributed by atoms with Gasteiger partial charge in [-0.2, -0.15) is 5.26 Å². The number of nitriles is 1. The van der Waals surface area contributed by atoms with Crippen LogP contribution in [0.15, 0.2) is 109 Å². The summed E-state index contributed by atoms with van der Waals surface area (Å²) in [5, 5.41) is 16.3. The van der Waals surface area contributed by atoms with Crippen molar-refractivity contribution in [3.8, 4) is 6.07 Å². The Hall–Kier alpha value is -3.82. The highest BCUT2D eigenvalue weighted by Gasteiger charge is 2.46. The lowest BCUT2D eigenvalue weighted by molar-refractivity contribution is 1.30. The molecule has 2 unspecified atom stereocenters. The van der Waals surface area contributed by atoms with Crippen molar-refractivity contribution in [1.82, 2.24) is 0 Å². The van der Waals surface area contributed by atoms with Crippen LogP contribution in [0.3, 0.4) is 0 Å². The lowest BCUT2D eigenvalue weighted by Crippen LogP contribution is -2.46. The van der Waals surface area contributed by atoms with Crippen molar-refractivity contribution in [3.63, 3.8) is 0 Å². The van der Waals surface area contributed by atoms with Gasteiger partial charge in [-0.15, -0.1) is 0 Å². The fourth-order valence-corrected chi connectivity index (χ4v) is 14.8. The van der Waals surface area contributed by atoms with Gasteiger partial charge >= 0.3 is 0 Å². The van der Waals surface area contributed by atoms with E-state index in [9.17, 15) is 5.26 Å². The van der Waals surface area contributed by atoms with Crippen molar-refractivity contribution < 1.29 is 0 Å². The first-order chi connectivity index (χ1) is 19.4. The van der Waals surface area contributed by atoms with E-state index in [-0.39, 0.29) is 0 Å². The summed E-state index contributed by atoms with van der Waals surface area (Å²) in [5.41, 5.74) is 5.31. The normalized spacial score (nSPS) is 19.9. The molecule has 0 aromatic heterocycles. The molecule has 5 aromatic carbocycles. The zero-order valence-corrected chi connectivity index (χ0v) is 24.9. The zero-order chi connectivity index (χ0) is 27.6. The Bertz CT molecular complexity index is 1910. The van der Waals surface area contributed by atoms with E-state index in [0.717, 1.165) is 54.5 Å². The van der Waals surface area contributed by atoms with Crippen LogP contribution in [0.5, 0.6) is 0 Å². The van der Waals surface area contributed by atoms with Gasteiger partial charge in [-0.05, 0) is 65.6 Å². The maximum absolute atomic E-state index is 9.89. The van der Waals surface area contributed by atoms with Gasteiger partial charge in [0.15, 0.2) is 5.69 Å². The second-order valence-corrected chi connectivity index (χ2v) is 18.7. The summed E-state index contributed by atoms with van der Waals surface area (Å²) < 4.78 is 0. The molecule has 5 aromatic rings. The van der Waals surface area contributed by atoms with Crippen LogP contribution in [0.1, 0.15) is 11.1 Å². The molecule has 40 heavy (non-hydrogen) atoms. The molecule has 7 heteroatoms. The van der Waals surface area contributed by atoms with Gasteiger partial charge in [-0.25, -0.2) is 4.85 Å². The smallest absolute Gasteiger partial charge is 0.188 e. The summed E-state index contributed by atoms with van der Waals surface area (Å²) in [6, 6.07) is 34.2. The molecule has 2 heterocycles. The molecule has 190 valence electrons. The predicted octanol–water partition coefficient (Wildman–Crippen LogP) is 6.03. The fraction of sp³-hybridized carbons (Fsp3) is 0.0303. The van der Waals surface area contributed by atoms with Gasteiger partial charge in [0, 0.05) is 33.3 Å². The van der Waals surface area contributed by atoms with Crippen LogP contribution in [0, 0.1) is 24.8 Å². The second kappa shape index (κ2) is 9.11. The van der Waals surface area contributed by atoms with Crippen LogP contribution < -0.4 is 36.7 Å². The van der Waals surface area contributed by atoms with Gasteiger partial charge in [0.25, 0.3) is 0 Å². The maximum Gasteiger partial charge on any atom is 0.188 e. The molecule has 0 bridgehead atoms. The van der Waals surface area contributed by atoms with E-state index in [2.05, 4.69) is 59.1 Å². The molecular formula is C33H21N3P2S2. The quantitative estimate of drug-likeness (QED) is 0.183. The average molecular weight is 586 g/mol. The molecule has 2 aliphatic rings. The zero-order valence-electron chi connectivity index (χ0n) is 21.4. The summed E-state index contributed by atoms with van der Waals surface area (Å²) in [6.07, 6.45) is 0. The predicted molar refractivity (Wildman–Crippen MR) is 176 cm³/mol. The van der Waals surface area contributed by atoms with Crippen LogP contribution in [-0.2, 0) is 23.6 Å². The summed E-state index contributed by atoms with van der Waals surface area (Å²) in [5.74, 6) is 0. The first kappa shape index (κ1) is 25.2. The molecule has 0 saturated carbocycles. The van der Waals surface area contributed by atoms with E-state index in [1.165, 1.54) is 0 Å². The van der Waals surface area contributed by atoms with Crippen molar-refractivity contribution in [1.29, 1.82) is 5.26 Å². The Balaban J connectivity index is 1.70. The van der Waals surface area contributed by atoms with Crippen molar-refractivity contribution in [2.24, 2.45) is 0 Å². The van der Waals surface area contributed by atoms with Crippen molar-refractivity contribution >= 4 is 90.3 Å². The lowest BCUT2D eigenvalue weighted by atomic mass is 10.1. The average Bonchev–Trinajstić information content (AvgIpc) is 3.01. The number of aryl methyl sites for hydroxylation is 1. The topological polar surface area (TPSA) is 31.4 Å². The largest absolute Gasteiger partial charge is 0.308 e. The number of fused-ring (bicyclic) bond motifs is 4. The van der Waals surface area contributed by atoms with Crippen LogP contribution in [0.2, 0.25) is 0 Å². The first-order valence-electron chi connectivity index (χ1n) is 12.8. The highest BCUT2D eigenvalue weighted by atomic mass is 32.4. The molecule has 0 amide bonds. The lowest BCUT2D eigenvalue weighted by Gasteiger charge is -2.47. The Morgan fingerprint density at radius 2 is 1.23 bits per heavy atom. The second-order valence-electron chi connectivity index (χ2n) is 9.98. The monoisotopic (exact) mass is 585 g/mol. The number of benzene rings is 5.